The summed E-state index contributed by atoms with van der Waals surface area (Å²) >= 11 is 0. The molecular formula is C70H122O25. The van der Waals surface area contributed by atoms with Gasteiger partial charge in [0.1, 0.15) is 55.4 Å². The number of aliphatic hydroxyl groups is 9. The molecule has 16 atom stereocenters. The Morgan fingerprint density at radius 3 is 1.23 bits per heavy atom. The van der Waals surface area contributed by atoms with Crippen LogP contribution in [0, 0.1) is 0 Å². The number of hydrogen-bond acceptors (Lipinski definition) is 25. The first kappa shape index (κ1) is 87.0. The summed E-state index contributed by atoms with van der Waals surface area (Å²) in [7, 11) is 0. The van der Waals surface area contributed by atoms with Crippen LogP contribution in [0.1, 0.15) is 287 Å². The molecule has 0 aliphatic carbocycles. The summed E-state index contributed by atoms with van der Waals surface area (Å²) in [5.41, 5.74) is -8.03. The predicted molar refractivity (Wildman–Crippen MR) is 347 cm³/mol. The van der Waals surface area contributed by atoms with Crippen LogP contribution in [0.2, 0.25) is 0 Å². The summed E-state index contributed by atoms with van der Waals surface area (Å²) < 4.78 is 50.9. The third-order valence-electron chi connectivity index (χ3n) is 17.8. The zero-order valence-electron chi connectivity index (χ0n) is 58.4. The first-order valence-corrected chi connectivity index (χ1v) is 36.0. The average Bonchev–Trinajstić information content (AvgIpc) is 0.684. The SMILES string of the molecule is CCCCCCCC(=O)O[C@@H]1[C@H](O[C@]2(C(O)[C@H](O)[C@@H](O)[C@@H](O)[C@H](O)CO)O[C@H](C(O)C(=O)CCCCC)[C@](O)(C(=O)CCCCC)[C@@](O)(C(=O)CCCCC)[C@@H]2OC(=O)CCCCCCC)O[C@H](COC(=O)CCCCC)[C@@H](OC(=O)CCCCC)[C@@H]1OC(=O)CCCCC. The second kappa shape index (κ2) is 47.0. The fraction of sp³-hybridized carbons (Fsp3) is 0.886. The minimum Gasteiger partial charge on any atom is -0.463 e. The van der Waals surface area contributed by atoms with Crippen molar-refractivity contribution in [3.05, 3.63) is 0 Å². The maximum atomic E-state index is 15.9. The third-order valence-corrected chi connectivity index (χ3v) is 17.8. The van der Waals surface area contributed by atoms with Gasteiger partial charge in [-0.25, -0.2) is 0 Å². The van der Waals surface area contributed by atoms with Gasteiger partial charge in [0.25, 0.3) is 0 Å². The van der Waals surface area contributed by atoms with Crippen LogP contribution in [0.3, 0.4) is 0 Å². The smallest absolute Gasteiger partial charge is 0.306 e. The zero-order chi connectivity index (χ0) is 71.2. The number of carbonyl (C=O) groups excluding carboxylic acids is 8. The maximum absolute atomic E-state index is 15.9. The highest BCUT2D eigenvalue weighted by Crippen LogP contribution is 2.52. The Morgan fingerprint density at radius 1 is 0.411 bits per heavy atom. The van der Waals surface area contributed by atoms with Gasteiger partial charge in [-0.2, -0.15) is 0 Å². The summed E-state index contributed by atoms with van der Waals surface area (Å²) in [6, 6.07) is 0. The van der Waals surface area contributed by atoms with Crippen LogP contribution in [-0.2, 0) is 76.3 Å². The molecule has 2 aliphatic rings. The number of rotatable bonds is 54. The second-order valence-corrected chi connectivity index (χ2v) is 25.9. The lowest BCUT2D eigenvalue weighted by Crippen LogP contribution is -2.87. The van der Waals surface area contributed by atoms with Gasteiger partial charge in [-0.05, 0) is 51.4 Å². The number of aliphatic hydroxyl groups excluding tert-OH is 7. The van der Waals surface area contributed by atoms with Gasteiger partial charge in [-0.1, -0.05) is 184 Å². The number of ketones is 3. The molecule has 0 radical (unpaired) electrons. The Labute approximate surface area is 563 Å². The molecule has 9 N–H and O–H groups in total. The largest absolute Gasteiger partial charge is 0.463 e. The second-order valence-electron chi connectivity index (χ2n) is 25.9. The molecule has 2 heterocycles. The van der Waals surface area contributed by atoms with Gasteiger partial charge >= 0.3 is 29.8 Å². The van der Waals surface area contributed by atoms with Crippen molar-refractivity contribution in [1.82, 2.24) is 0 Å². The minimum absolute atomic E-state index is 0.0526. The number of hydrogen-bond donors (Lipinski definition) is 9. The molecule has 0 saturated carbocycles. The van der Waals surface area contributed by atoms with Gasteiger partial charge in [0.05, 0.1) is 6.61 Å². The molecule has 0 aromatic heterocycles. The molecule has 2 rings (SSSR count). The highest BCUT2D eigenvalue weighted by molar-refractivity contribution is 6.02. The molecule has 2 fully saturated rings. The number of unbranched alkanes of at least 4 members (excludes halogenated alkanes) is 20. The van der Waals surface area contributed by atoms with E-state index in [9.17, 15) is 74.7 Å². The third kappa shape index (κ3) is 26.5. The van der Waals surface area contributed by atoms with Crippen molar-refractivity contribution in [2.45, 2.75) is 383 Å². The lowest BCUT2D eigenvalue weighted by Gasteiger charge is -2.61. The number of Topliss-reactive ketones (excluding diaryl/α,β-unsaturated/α-hetero) is 3. The highest BCUT2D eigenvalue weighted by atomic mass is 16.8. The van der Waals surface area contributed by atoms with Crippen LogP contribution in [0.25, 0.3) is 0 Å². The molecule has 0 spiro atoms. The van der Waals surface area contributed by atoms with E-state index >= 15 is 9.59 Å². The van der Waals surface area contributed by atoms with Gasteiger partial charge in [0.2, 0.25) is 17.7 Å². The number of carbonyl (C=O) groups is 8. The van der Waals surface area contributed by atoms with Crippen molar-refractivity contribution < 1.29 is 122 Å². The zero-order valence-corrected chi connectivity index (χ0v) is 58.4. The van der Waals surface area contributed by atoms with Crippen LogP contribution in [0.5, 0.6) is 0 Å². The number of esters is 5. The molecule has 95 heavy (non-hydrogen) atoms. The van der Waals surface area contributed by atoms with Gasteiger partial charge in [-0.3, -0.25) is 38.4 Å². The molecule has 0 amide bonds. The van der Waals surface area contributed by atoms with Crippen molar-refractivity contribution in [3.63, 3.8) is 0 Å². The Bertz CT molecular complexity index is 2230. The average molecular weight is 1360 g/mol. The summed E-state index contributed by atoms with van der Waals surface area (Å²) in [5.74, 6) is -13.3. The fourth-order valence-corrected chi connectivity index (χ4v) is 12.0. The van der Waals surface area contributed by atoms with E-state index in [1.807, 2.05) is 41.5 Å². The Balaban J connectivity index is 3.67. The molecule has 552 valence electrons. The Hall–Kier alpha value is -4.12. The van der Waals surface area contributed by atoms with Crippen LogP contribution < -0.4 is 0 Å². The van der Waals surface area contributed by atoms with Crippen LogP contribution in [-0.4, -0.2) is 203 Å². The van der Waals surface area contributed by atoms with E-state index in [0.29, 0.717) is 109 Å². The van der Waals surface area contributed by atoms with Gasteiger partial charge in [0, 0.05) is 51.4 Å². The van der Waals surface area contributed by atoms with E-state index in [1.54, 1.807) is 13.8 Å². The van der Waals surface area contributed by atoms with E-state index in [0.717, 1.165) is 25.7 Å². The van der Waals surface area contributed by atoms with Crippen LogP contribution in [0.4, 0.5) is 0 Å². The van der Waals surface area contributed by atoms with Gasteiger partial charge in [0.15, 0.2) is 47.4 Å². The Morgan fingerprint density at radius 2 is 0.779 bits per heavy atom. The lowest BCUT2D eigenvalue weighted by molar-refractivity contribution is -0.463. The predicted octanol–water partition coefficient (Wildman–Crippen LogP) is 7.54. The van der Waals surface area contributed by atoms with Crippen LogP contribution >= 0.6 is 0 Å². The topological polar surface area (TPSA) is 392 Å². The van der Waals surface area contributed by atoms with E-state index in [4.69, 9.17) is 37.9 Å². The van der Waals surface area contributed by atoms with Crippen molar-refractivity contribution in [2.75, 3.05) is 13.2 Å². The van der Waals surface area contributed by atoms with Gasteiger partial charge < -0.3 is 83.9 Å². The van der Waals surface area contributed by atoms with E-state index < -0.39 is 183 Å². The molecule has 0 aromatic rings. The molecular weight excluding hydrogens is 1240 g/mol. The van der Waals surface area contributed by atoms with Crippen molar-refractivity contribution in [1.29, 1.82) is 0 Å². The maximum Gasteiger partial charge on any atom is 0.306 e. The first-order valence-electron chi connectivity index (χ1n) is 36.0. The first-order chi connectivity index (χ1) is 45.4. The van der Waals surface area contributed by atoms with E-state index in [2.05, 4.69) is 0 Å². The molecule has 2 saturated heterocycles. The van der Waals surface area contributed by atoms with Crippen molar-refractivity contribution in [3.8, 4) is 0 Å². The highest BCUT2D eigenvalue weighted by Gasteiger charge is 2.81. The monoisotopic (exact) mass is 1360 g/mol. The molecule has 25 nitrogen and oxygen atoms in total. The van der Waals surface area contributed by atoms with Crippen LogP contribution in [0.15, 0.2) is 0 Å². The molecule has 25 heteroatoms. The number of ether oxygens (including phenoxy) is 8. The normalized spacial score (nSPS) is 25.5. The molecule has 2 unspecified atom stereocenters. The van der Waals surface area contributed by atoms with Gasteiger partial charge in [-0.15, -0.1) is 0 Å². The summed E-state index contributed by atoms with van der Waals surface area (Å²) in [6.07, 6.45) is -25.3. The lowest BCUT2D eigenvalue weighted by atomic mass is 9.62. The van der Waals surface area contributed by atoms with Crippen molar-refractivity contribution in [2.24, 2.45) is 0 Å². The fourth-order valence-electron chi connectivity index (χ4n) is 12.0. The van der Waals surface area contributed by atoms with Crippen molar-refractivity contribution >= 4 is 47.2 Å². The standard InChI is InChI=1S/C70H122O25/c1-9-17-25-27-35-43-55(79)92-63-62(91-54(78)42-34-24-16-8)61(90-53(77)41-33-23-15-7)49(46-88-52(76)40-32-22-14-6)89-66(63)95-70(64(85)60(84)59(83)57(81)48(73)45-71)67(93-56(80)44-36-28-26-18-10-2)69(87,51(75)39-31-21-13-5)68(86,50(74)38-30-20-12-4)65(94-70)58(82)47(72)37-29-19-11-3/h48-49,57-67,71,73,81-87H,9-46H2,1-8H3/t48-,49-,57+,58?,59+,60-,61-,62+,63+,64?,65-,66+,67+,68-,69-,70+/m1/s1. The minimum atomic E-state index is -4.11. The van der Waals surface area contributed by atoms with E-state index in [1.165, 1.54) is 0 Å². The molecule has 0 bridgehead atoms. The molecule has 2 aliphatic heterocycles. The van der Waals surface area contributed by atoms with E-state index in [-0.39, 0.29) is 70.6 Å². The summed E-state index contributed by atoms with van der Waals surface area (Å²) in [5, 5.41) is 111. The quantitative estimate of drug-likeness (QED) is 0.0161. The Kier molecular flexibility index (Phi) is 43.0. The molecule has 0 aromatic carbocycles. The summed E-state index contributed by atoms with van der Waals surface area (Å²) in [6.45, 7) is 12.8. The summed E-state index contributed by atoms with van der Waals surface area (Å²) in [4.78, 5) is 118.